The third-order valence-corrected chi connectivity index (χ3v) is 6.38. The number of hydrogen-bond acceptors (Lipinski definition) is 8. The van der Waals surface area contributed by atoms with Crippen molar-refractivity contribution >= 4 is 40.0 Å². The zero-order valence-electron chi connectivity index (χ0n) is 17.4. The number of nitrogens with zero attached hydrogens (tertiary/aromatic N) is 4. The molecule has 0 atom stereocenters. The number of methoxy groups -OCH3 is 1. The molecule has 2 aromatic heterocycles. The van der Waals surface area contributed by atoms with Gasteiger partial charge in [0.1, 0.15) is 5.82 Å². The first-order valence-corrected chi connectivity index (χ1v) is 11.7. The Bertz CT molecular complexity index is 1150. The maximum atomic E-state index is 12.7. The molecule has 0 radical (unpaired) electrons. The van der Waals surface area contributed by atoms with Gasteiger partial charge in [0.15, 0.2) is 4.34 Å². The van der Waals surface area contributed by atoms with E-state index in [-0.39, 0.29) is 11.7 Å². The van der Waals surface area contributed by atoms with Gasteiger partial charge in [-0.3, -0.25) is 4.79 Å². The lowest BCUT2D eigenvalue weighted by molar-refractivity contribution is -0.113. The standard InChI is InChI=1S/C22H22N6O2S2/c1-30-13-12-23-21-25-26-22(32-21)31-15-20(29)24-19-14-18(16-8-4-2-5-9-16)27-28(19)17-10-6-3-7-11-17/h2-11,14H,12-13,15H2,1H3,(H,23,25)(H,24,29). The molecule has 0 aliphatic carbocycles. The van der Waals surface area contributed by atoms with Gasteiger partial charge in [0.2, 0.25) is 11.0 Å². The quantitative estimate of drug-likeness (QED) is 0.267. The van der Waals surface area contributed by atoms with Gasteiger partial charge in [-0.1, -0.05) is 71.6 Å². The number of carbonyl (C=O) groups is 1. The van der Waals surface area contributed by atoms with E-state index in [0.29, 0.717) is 24.1 Å². The number of ether oxygens (including phenoxy) is 1. The summed E-state index contributed by atoms with van der Waals surface area (Å²) in [6.45, 7) is 1.24. The molecule has 0 unspecified atom stereocenters. The number of thioether (sulfide) groups is 1. The molecule has 1 amide bonds. The Kier molecular flexibility index (Phi) is 7.49. The van der Waals surface area contributed by atoms with E-state index in [2.05, 4.69) is 20.8 Å². The van der Waals surface area contributed by atoms with Crippen molar-refractivity contribution < 1.29 is 9.53 Å². The van der Waals surface area contributed by atoms with Crippen LogP contribution in [0.4, 0.5) is 10.9 Å². The predicted octanol–water partition coefficient (Wildman–Crippen LogP) is 4.18. The SMILES string of the molecule is COCCNc1nnc(SCC(=O)Nc2cc(-c3ccccc3)nn2-c2ccccc2)s1. The van der Waals surface area contributed by atoms with Crippen LogP contribution in [0.2, 0.25) is 0 Å². The fraction of sp³-hybridized carbons (Fsp3) is 0.182. The van der Waals surface area contributed by atoms with Crippen molar-refractivity contribution in [1.29, 1.82) is 0 Å². The molecule has 2 heterocycles. The minimum Gasteiger partial charge on any atom is -0.383 e. The number of carbonyl (C=O) groups excluding carboxylic acids is 1. The Morgan fingerprint density at radius 2 is 1.84 bits per heavy atom. The van der Waals surface area contributed by atoms with Crippen LogP contribution in [0.3, 0.4) is 0 Å². The number of nitrogens with one attached hydrogen (secondary N) is 2. The van der Waals surface area contributed by atoms with E-state index in [0.717, 1.165) is 21.3 Å². The molecule has 8 nitrogen and oxygen atoms in total. The lowest BCUT2D eigenvalue weighted by atomic mass is 10.2. The fourth-order valence-corrected chi connectivity index (χ4v) is 4.47. The number of hydrogen-bond donors (Lipinski definition) is 2. The molecule has 0 bridgehead atoms. The topological polar surface area (TPSA) is 94.0 Å². The lowest BCUT2D eigenvalue weighted by Gasteiger charge is -2.08. The predicted molar refractivity (Wildman–Crippen MR) is 129 cm³/mol. The molecule has 0 aliphatic heterocycles. The van der Waals surface area contributed by atoms with E-state index >= 15 is 0 Å². The van der Waals surface area contributed by atoms with Crippen molar-refractivity contribution in [3.05, 3.63) is 66.7 Å². The third-order valence-electron chi connectivity index (χ3n) is 4.36. The highest BCUT2D eigenvalue weighted by Crippen LogP contribution is 2.27. The molecule has 4 aromatic rings. The van der Waals surface area contributed by atoms with Gasteiger partial charge >= 0.3 is 0 Å². The van der Waals surface area contributed by atoms with E-state index in [1.54, 1.807) is 11.8 Å². The van der Waals surface area contributed by atoms with Gasteiger partial charge in [-0.05, 0) is 12.1 Å². The monoisotopic (exact) mass is 466 g/mol. The second-order valence-electron chi connectivity index (χ2n) is 6.66. The van der Waals surface area contributed by atoms with Gasteiger partial charge in [0.25, 0.3) is 0 Å². The van der Waals surface area contributed by atoms with Gasteiger partial charge in [-0.25, -0.2) is 4.68 Å². The van der Waals surface area contributed by atoms with Crippen LogP contribution in [0.15, 0.2) is 71.1 Å². The minimum atomic E-state index is -0.143. The van der Waals surface area contributed by atoms with E-state index in [4.69, 9.17) is 9.84 Å². The first kappa shape index (κ1) is 22.0. The van der Waals surface area contributed by atoms with Crippen LogP contribution in [0, 0.1) is 0 Å². The zero-order chi connectivity index (χ0) is 22.2. The molecule has 2 aromatic carbocycles. The molecular formula is C22H22N6O2S2. The Morgan fingerprint density at radius 1 is 1.09 bits per heavy atom. The normalized spacial score (nSPS) is 10.8. The summed E-state index contributed by atoms with van der Waals surface area (Å²) in [5.41, 5.74) is 2.64. The molecule has 4 rings (SSSR count). The average Bonchev–Trinajstić information content (AvgIpc) is 3.46. The highest BCUT2D eigenvalue weighted by Gasteiger charge is 2.15. The summed E-state index contributed by atoms with van der Waals surface area (Å²) in [6.07, 6.45) is 0. The second-order valence-corrected chi connectivity index (χ2v) is 8.86. The van der Waals surface area contributed by atoms with Gasteiger partial charge in [0, 0.05) is 25.3 Å². The molecule has 164 valence electrons. The van der Waals surface area contributed by atoms with Gasteiger partial charge < -0.3 is 15.4 Å². The van der Waals surface area contributed by atoms with Crippen LogP contribution in [0.25, 0.3) is 16.9 Å². The second kappa shape index (κ2) is 10.9. The Morgan fingerprint density at radius 3 is 2.59 bits per heavy atom. The highest BCUT2D eigenvalue weighted by molar-refractivity contribution is 8.01. The summed E-state index contributed by atoms with van der Waals surface area (Å²) in [4.78, 5) is 12.7. The Labute approximate surface area is 194 Å². The summed E-state index contributed by atoms with van der Waals surface area (Å²) in [5, 5.41) is 19.7. The molecule has 32 heavy (non-hydrogen) atoms. The number of para-hydroxylation sites is 1. The third kappa shape index (κ3) is 5.72. The molecule has 2 N–H and O–H groups in total. The molecule has 10 heteroatoms. The van der Waals surface area contributed by atoms with Crippen LogP contribution in [-0.4, -0.2) is 51.9 Å². The first-order chi connectivity index (χ1) is 15.7. The van der Waals surface area contributed by atoms with Crippen LogP contribution >= 0.6 is 23.1 Å². The van der Waals surface area contributed by atoms with Crippen molar-refractivity contribution in [2.24, 2.45) is 0 Å². The van der Waals surface area contributed by atoms with Crippen LogP contribution in [0.1, 0.15) is 0 Å². The summed E-state index contributed by atoms with van der Waals surface area (Å²) >= 11 is 2.75. The Hall–Kier alpha value is -3.21. The summed E-state index contributed by atoms with van der Waals surface area (Å²) < 4.78 is 7.47. The maximum absolute atomic E-state index is 12.7. The molecule has 0 saturated heterocycles. The lowest BCUT2D eigenvalue weighted by Crippen LogP contribution is -2.16. The van der Waals surface area contributed by atoms with Crippen LogP contribution < -0.4 is 10.6 Å². The van der Waals surface area contributed by atoms with Crippen molar-refractivity contribution in [3.63, 3.8) is 0 Å². The van der Waals surface area contributed by atoms with Crippen molar-refractivity contribution in [1.82, 2.24) is 20.0 Å². The minimum absolute atomic E-state index is 0.143. The smallest absolute Gasteiger partial charge is 0.235 e. The van der Waals surface area contributed by atoms with E-state index in [1.165, 1.54) is 23.1 Å². The molecule has 0 saturated carbocycles. The van der Waals surface area contributed by atoms with Crippen molar-refractivity contribution in [2.45, 2.75) is 4.34 Å². The number of aromatic nitrogens is 4. The maximum Gasteiger partial charge on any atom is 0.235 e. The summed E-state index contributed by atoms with van der Waals surface area (Å²) in [7, 11) is 1.65. The van der Waals surface area contributed by atoms with Crippen LogP contribution in [-0.2, 0) is 9.53 Å². The van der Waals surface area contributed by atoms with Gasteiger partial charge in [-0.2, -0.15) is 5.10 Å². The summed E-state index contributed by atoms with van der Waals surface area (Å²) in [5.74, 6) is 0.684. The van der Waals surface area contributed by atoms with Crippen molar-refractivity contribution in [3.8, 4) is 16.9 Å². The number of amides is 1. The first-order valence-electron chi connectivity index (χ1n) is 9.93. The fourth-order valence-electron chi connectivity index (χ4n) is 2.89. The molecule has 0 spiro atoms. The zero-order valence-corrected chi connectivity index (χ0v) is 19.0. The molecular weight excluding hydrogens is 444 g/mol. The highest BCUT2D eigenvalue weighted by atomic mass is 32.2. The van der Waals surface area contributed by atoms with E-state index in [9.17, 15) is 4.79 Å². The van der Waals surface area contributed by atoms with Gasteiger partial charge in [0.05, 0.1) is 23.7 Å². The van der Waals surface area contributed by atoms with Crippen molar-refractivity contribution in [2.75, 3.05) is 36.6 Å². The average molecular weight is 467 g/mol. The number of benzene rings is 2. The van der Waals surface area contributed by atoms with E-state index in [1.807, 2.05) is 66.7 Å². The van der Waals surface area contributed by atoms with Crippen LogP contribution in [0.5, 0.6) is 0 Å². The molecule has 0 aliphatic rings. The summed E-state index contributed by atoms with van der Waals surface area (Å²) in [6, 6.07) is 21.5. The number of rotatable bonds is 10. The largest absolute Gasteiger partial charge is 0.383 e. The Balaban J connectivity index is 1.45. The molecule has 0 fully saturated rings. The van der Waals surface area contributed by atoms with E-state index < -0.39 is 0 Å². The number of anilines is 2. The van der Waals surface area contributed by atoms with Gasteiger partial charge in [-0.15, -0.1) is 10.2 Å².